The highest BCUT2D eigenvalue weighted by Gasteiger charge is 2.17. The number of aromatic nitrogens is 3. The molecular formula is C27H25N5O2. The predicted octanol–water partition coefficient (Wildman–Crippen LogP) is 4.98. The van der Waals surface area contributed by atoms with Crippen LogP contribution in [0.1, 0.15) is 11.1 Å². The summed E-state index contributed by atoms with van der Waals surface area (Å²) in [7, 11) is 1.86. The van der Waals surface area contributed by atoms with Crippen molar-refractivity contribution in [2.24, 2.45) is 12.0 Å². The molecule has 0 fully saturated rings. The van der Waals surface area contributed by atoms with Crippen LogP contribution in [-0.4, -0.2) is 27.0 Å². The Bertz CT molecular complexity index is 1490. The lowest BCUT2D eigenvalue weighted by Gasteiger charge is -2.19. The molecule has 2 aromatic carbocycles. The summed E-state index contributed by atoms with van der Waals surface area (Å²) < 4.78 is 3.37. The third-order valence-electron chi connectivity index (χ3n) is 5.68. The lowest BCUT2D eigenvalue weighted by atomic mass is 9.98. The minimum Gasteiger partial charge on any atom is -0.322 e. The van der Waals surface area contributed by atoms with Gasteiger partial charge in [-0.15, -0.1) is 0 Å². The predicted molar refractivity (Wildman–Crippen MR) is 137 cm³/mol. The van der Waals surface area contributed by atoms with Crippen LogP contribution in [0.4, 0.5) is 11.4 Å². The smallest absolute Gasteiger partial charge is 0.255 e. The van der Waals surface area contributed by atoms with Crippen LogP contribution in [0, 0.1) is 13.8 Å². The van der Waals surface area contributed by atoms with Gasteiger partial charge < -0.3 is 5.32 Å². The van der Waals surface area contributed by atoms with Crippen molar-refractivity contribution in [3.05, 3.63) is 95.1 Å². The van der Waals surface area contributed by atoms with Crippen LogP contribution in [0.3, 0.4) is 0 Å². The number of amides is 1. The summed E-state index contributed by atoms with van der Waals surface area (Å²) in [6.45, 7) is 11.1. The molecule has 0 saturated carbocycles. The van der Waals surface area contributed by atoms with Crippen molar-refractivity contribution in [2.45, 2.75) is 13.8 Å². The number of benzene rings is 2. The summed E-state index contributed by atoms with van der Waals surface area (Å²) in [5, 5.41) is 7.08. The summed E-state index contributed by atoms with van der Waals surface area (Å²) in [6.07, 6.45) is 4.93. The molecule has 4 aromatic rings. The van der Waals surface area contributed by atoms with Crippen molar-refractivity contribution in [2.75, 3.05) is 5.32 Å². The highest BCUT2D eigenvalue weighted by Crippen LogP contribution is 2.36. The van der Waals surface area contributed by atoms with Gasteiger partial charge in [0.2, 0.25) is 5.91 Å². The van der Waals surface area contributed by atoms with Gasteiger partial charge in [0, 0.05) is 36.1 Å². The zero-order valence-electron chi connectivity index (χ0n) is 19.4. The second kappa shape index (κ2) is 9.15. The molecule has 0 unspecified atom stereocenters. The topological polar surface area (TPSA) is 81.3 Å². The number of pyridine rings is 1. The van der Waals surface area contributed by atoms with Crippen molar-refractivity contribution in [3.8, 4) is 28.1 Å². The maximum absolute atomic E-state index is 13.2. The quantitative estimate of drug-likeness (QED) is 0.332. The van der Waals surface area contributed by atoms with Gasteiger partial charge in [0.15, 0.2) is 0 Å². The summed E-state index contributed by atoms with van der Waals surface area (Å²) in [5.74, 6) is -0.320. The van der Waals surface area contributed by atoms with Crippen LogP contribution in [-0.2, 0) is 11.8 Å². The Hall–Kier alpha value is -4.52. The molecule has 2 aromatic heterocycles. The standard InChI is InChI=1S/C27H25N5O2/c1-6-25(33)30-24-14-21(10-7-17(24)2)32-26(34)12-8-18(3)27(32)22-13-19(9-11-23(22)28-4)20-15-29-31(5)16-20/h6-16H,1,4H2,2-3,5H3,(H,30,33). The molecule has 0 atom stereocenters. The van der Waals surface area contributed by atoms with E-state index in [1.54, 1.807) is 27.6 Å². The number of aryl methyl sites for hydroxylation is 3. The van der Waals surface area contributed by atoms with Crippen LogP contribution < -0.4 is 10.9 Å². The molecule has 4 rings (SSSR count). The number of carbonyl (C=O) groups is 1. The fourth-order valence-electron chi connectivity index (χ4n) is 3.91. The zero-order valence-corrected chi connectivity index (χ0v) is 19.4. The molecule has 7 nitrogen and oxygen atoms in total. The lowest BCUT2D eigenvalue weighted by molar-refractivity contribution is -0.111. The molecular weight excluding hydrogens is 426 g/mol. The second-order valence-electron chi connectivity index (χ2n) is 8.02. The number of hydrogen-bond acceptors (Lipinski definition) is 4. The van der Waals surface area contributed by atoms with Gasteiger partial charge in [0.1, 0.15) is 0 Å². The van der Waals surface area contributed by atoms with E-state index in [-0.39, 0.29) is 11.5 Å². The van der Waals surface area contributed by atoms with Gasteiger partial charge >= 0.3 is 0 Å². The van der Waals surface area contributed by atoms with Crippen molar-refractivity contribution in [1.29, 1.82) is 0 Å². The SMILES string of the molecule is C=CC(=O)Nc1cc(-n2c(-c3cc(-c4cnn(C)c4)ccc3N=C)c(C)ccc2=O)ccc1C. The summed E-state index contributed by atoms with van der Waals surface area (Å²) in [6, 6.07) is 14.7. The van der Waals surface area contributed by atoms with Crippen molar-refractivity contribution >= 4 is 24.0 Å². The average Bonchev–Trinajstić information content (AvgIpc) is 3.27. The molecule has 1 N–H and O–H groups in total. The molecule has 0 aliphatic rings. The number of carbonyl (C=O) groups excluding carboxylic acids is 1. The average molecular weight is 452 g/mol. The van der Waals surface area contributed by atoms with Crippen LogP contribution in [0.15, 0.2) is 83.4 Å². The molecule has 170 valence electrons. The maximum Gasteiger partial charge on any atom is 0.255 e. The van der Waals surface area contributed by atoms with E-state index in [0.29, 0.717) is 22.8 Å². The third kappa shape index (κ3) is 4.23. The molecule has 34 heavy (non-hydrogen) atoms. The van der Waals surface area contributed by atoms with Crippen LogP contribution in [0.5, 0.6) is 0 Å². The number of nitrogens with one attached hydrogen (secondary N) is 1. The number of hydrogen-bond donors (Lipinski definition) is 1. The molecule has 0 saturated heterocycles. The van der Waals surface area contributed by atoms with E-state index < -0.39 is 0 Å². The number of anilines is 1. The first-order valence-electron chi connectivity index (χ1n) is 10.7. The van der Waals surface area contributed by atoms with Gasteiger partial charge in [-0.05, 0) is 67.6 Å². The Labute approximate surface area is 197 Å². The minimum atomic E-state index is -0.320. The summed E-state index contributed by atoms with van der Waals surface area (Å²) >= 11 is 0. The first-order chi connectivity index (χ1) is 16.3. The number of aliphatic imine (C=N–C) groups is 1. The first kappa shape index (κ1) is 22.7. The molecule has 0 radical (unpaired) electrons. The Kier molecular flexibility index (Phi) is 6.10. The largest absolute Gasteiger partial charge is 0.322 e. The fourth-order valence-corrected chi connectivity index (χ4v) is 3.91. The van der Waals surface area contributed by atoms with E-state index in [9.17, 15) is 9.59 Å². The Morgan fingerprint density at radius 3 is 2.50 bits per heavy atom. The normalized spacial score (nSPS) is 10.7. The van der Waals surface area contributed by atoms with E-state index >= 15 is 0 Å². The van der Waals surface area contributed by atoms with Gasteiger partial charge in [0.05, 0.1) is 23.3 Å². The maximum atomic E-state index is 13.2. The Morgan fingerprint density at radius 1 is 1.06 bits per heavy atom. The van der Waals surface area contributed by atoms with Gasteiger partial charge in [0.25, 0.3) is 5.56 Å². The van der Waals surface area contributed by atoms with Crippen LogP contribution >= 0.6 is 0 Å². The van der Waals surface area contributed by atoms with Crippen LogP contribution in [0.25, 0.3) is 28.1 Å². The Balaban J connectivity index is 1.98. The molecule has 0 aliphatic heterocycles. The van der Waals surface area contributed by atoms with Gasteiger partial charge in [-0.3, -0.25) is 23.8 Å². The monoisotopic (exact) mass is 451 g/mol. The molecule has 0 bridgehead atoms. The lowest BCUT2D eigenvalue weighted by Crippen LogP contribution is -2.20. The summed E-state index contributed by atoms with van der Waals surface area (Å²) in [5.41, 5.74) is 6.80. The molecule has 1 amide bonds. The van der Waals surface area contributed by atoms with E-state index in [0.717, 1.165) is 27.8 Å². The fraction of sp³-hybridized carbons (Fsp3) is 0.111. The van der Waals surface area contributed by atoms with Crippen LogP contribution in [0.2, 0.25) is 0 Å². The molecule has 0 spiro atoms. The zero-order chi connectivity index (χ0) is 24.4. The first-order valence-corrected chi connectivity index (χ1v) is 10.7. The molecule has 2 heterocycles. The second-order valence-corrected chi connectivity index (χ2v) is 8.02. The molecule has 0 aliphatic carbocycles. The molecule has 7 heteroatoms. The summed E-state index contributed by atoms with van der Waals surface area (Å²) in [4.78, 5) is 29.3. The van der Waals surface area contributed by atoms with Gasteiger partial charge in [-0.1, -0.05) is 24.8 Å². The van der Waals surface area contributed by atoms with E-state index in [1.165, 1.54) is 12.1 Å². The van der Waals surface area contributed by atoms with Crippen molar-refractivity contribution < 1.29 is 4.79 Å². The van der Waals surface area contributed by atoms with Crippen molar-refractivity contribution in [1.82, 2.24) is 14.3 Å². The highest BCUT2D eigenvalue weighted by atomic mass is 16.1. The van der Waals surface area contributed by atoms with Crippen molar-refractivity contribution in [3.63, 3.8) is 0 Å². The van der Waals surface area contributed by atoms with E-state index in [1.807, 2.05) is 57.4 Å². The highest BCUT2D eigenvalue weighted by molar-refractivity contribution is 5.99. The van der Waals surface area contributed by atoms with Gasteiger partial charge in [-0.25, -0.2) is 0 Å². The van der Waals surface area contributed by atoms with E-state index in [4.69, 9.17) is 0 Å². The third-order valence-corrected chi connectivity index (χ3v) is 5.68. The van der Waals surface area contributed by atoms with Gasteiger partial charge in [-0.2, -0.15) is 5.10 Å². The number of nitrogens with zero attached hydrogens (tertiary/aromatic N) is 4. The van der Waals surface area contributed by atoms with E-state index in [2.05, 4.69) is 28.7 Å². The number of rotatable bonds is 6. The Morgan fingerprint density at radius 2 is 1.82 bits per heavy atom. The minimum absolute atomic E-state index is 0.202.